The smallest absolute Gasteiger partial charge is 0.253 e. The van der Waals surface area contributed by atoms with Crippen LogP contribution in [0.5, 0.6) is 0 Å². The molecule has 0 aliphatic carbocycles. The van der Waals surface area contributed by atoms with E-state index >= 15 is 0 Å². The normalized spacial score (nSPS) is 19.3. The van der Waals surface area contributed by atoms with Crippen LogP contribution in [-0.2, 0) is 4.79 Å². The van der Waals surface area contributed by atoms with E-state index in [2.05, 4.69) is 15.9 Å². The van der Waals surface area contributed by atoms with Crippen LogP contribution < -0.4 is 5.73 Å². The van der Waals surface area contributed by atoms with E-state index in [1.54, 1.807) is 4.90 Å². The Hall–Kier alpha value is -1.36. The van der Waals surface area contributed by atoms with Crippen molar-refractivity contribution < 1.29 is 9.59 Å². The molecule has 1 atom stereocenters. The highest BCUT2D eigenvalue weighted by Gasteiger charge is 2.27. The van der Waals surface area contributed by atoms with Crippen molar-refractivity contribution in [2.75, 3.05) is 13.1 Å². The zero-order chi connectivity index (χ0) is 14.0. The molecule has 1 heterocycles. The maximum Gasteiger partial charge on any atom is 0.253 e. The minimum absolute atomic E-state index is 0.0321. The zero-order valence-corrected chi connectivity index (χ0v) is 12.4. The number of amides is 2. The first-order valence-corrected chi connectivity index (χ1v) is 7.12. The highest BCUT2D eigenvalue weighted by molar-refractivity contribution is 9.10. The first-order valence-electron chi connectivity index (χ1n) is 6.33. The summed E-state index contributed by atoms with van der Waals surface area (Å²) >= 11 is 3.40. The Labute approximate surface area is 121 Å². The Morgan fingerprint density at radius 1 is 1.37 bits per heavy atom. The third-order valence-electron chi connectivity index (χ3n) is 3.40. The summed E-state index contributed by atoms with van der Waals surface area (Å²) in [5.41, 5.74) is 7.01. The number of hydrogen-bond acceptors (Lipinski definition) is 2. The van der Waals surface area contributed by atoms with E-state index in [0.717, 1.165) is 22.9 Å². The van der Waals surface area contributed by atoms with Crippen molar-refractivity contribution in [3.63, 3.8) is 0 Å². The topological polar surface area (TPSA) is 63.4 Å². The lowest BCUT2D eigenvalue weighted by Gasteiger charge is -2.31. The summed E-state index contributed by atoms with van der Waals surface area (Å²) in [4.78, 5) is 25.4. The largest absolute Gasteiger partial charge is 0.369 e. The maximum absolute atomic E-state index is 12.4. The summed E-state index contributed by atoms with van der Waals surface area (Å²) in [5.74, 6) is -0.566. The molecule has 1 fully saturated rings. The summed E-state index contributed by atoms with van der Waals surface area (Å²) in [6.45, 7) is 3.07. The molecule has 1 aliphatic heterocycles. The lowest BCUT2D eigenvalue weighted by Crippen LogP contribution is -2.44. The van der Waals surface area contributed by atoms with Crippen molar-refractivity contribution in [1.82, 2.24) is 4.90 Å². The maximum atomic E-state index is 12.4. The van der Waals surface area contributed by atoms with Gasteiger partial charge in [-0.15, -0.1) is 0 Å². The minimum Gasteiger partial charge on any atom is -0.369 e. The van der Waals surface area contributed by atoms with Gasteiger partial charge in [-0.25, -0.2) is 0 Å². The summed E-state index contributed by atoms with van der Waals surface area (Å²) in [7, 11) is 0. The molecule has 2 rings (SSSR count). The van der Waals surface area contributed by atoms with Crippen LogP contribution in [0.25, 0.3) is 0 Å². The van der Waals surface area contributed by atoms with Gasteiger partial charge in [0.1, 0.15) is 0 Å². The Morgan fingerprint density at radius 2 is 2.11 bits per heavy atom. The number of benzene rings is 1. The molecule has 2 amide bonds. The molecule has 0 aromatic heterocycles. The van der Waals surface area contributed by atoms with E-state index in [4.69, 9.17) is 5.73 Å². The van der Waals surface area contributed by atoms with E-state index in [9.17, 15) is 9.59 Å². The molecular formula is C14H17BrN2O2. The van der Waals surface area contributed by atoms with Crippen molar-refractivity contribution >= 4 is 27.7 Å². The highest BCUT2D eigenvalue weighted by Crippen LogP contribution is 2.21. The molecule has 0 radical (unpaired) electrons. The van der Waals surface area contributed by atoms with Gasteiger partial charge in [0.05, 0.1) is 5.92 Å². The predicted molar refractivity (Wildman–Crippen MR) is 76.7 cm³/mol. The molecule has 5 heteroatoms. The summed E-state index contributed by atoms with van der Waals surface area (Å²) in [6.07, 6.45) is 1.60. The summed E-state index contributed by atoms with van der Waals surface area (Å²) in [5, 5.41) is 0. The van der Waals surface area contributed by atoms with Gasteiger partial charge in [0, 0.05) is 23.1 Å². The molecule has 1 aromatic carbocycles. The third kappa shape index (κ3) is 3.35. The van der Waals surface area contributed by atoms with Crippen molar-refractivity contribution in [3.05, 3.63) is 33.8 Å². The molecule has 4 nitrogen and oxygen atoms in total. The molecule has 1 aromatic rings. The van der Waals surface area contributed by atoms with Crippen molar-refractivity contribution in [1.29, 1.82) is 0 Å². The number of rotatable bonds is 2. The number of carbonyl (C=O) groups is 2. The van der Waals surface area contributed by atoms with Crippen LogP contribution in [0.2, 0.25) is 0 Å². The third-order valence-corrected chi connectivity index (χ3v) is 3.86. The molecule has 1 saturated heterocycles. The van der Waals surface area contributed by atoms with Gasteiger partial charge in [-0.3, -0.25) is 9.59 Å². The Morgan fingerprint density at radius 3 is 2.74 bits per heavy atom. The number of piperidine rings is 1. The quantitative estimate of drug-likeness (QED) is 0.905. The van der Waals surface area contributed by atoms with Crippen LogP contribution in [-0.4, -0.2) is 29.8 Å². The lowest BCUT2D eigenvalue weighted by molar-refractivity contribution is -0.123. The molecule has 0 spiro atoms. The molecule has 2 N–H and O–H groups in total. The van der Waals surface area contributed by atoms with Crippen molar-refractivity contribution in [2.45, 2.75) is 19.8 Å². The zero-order valence-electron chi connectivity index (χ0n) is 10.9. The van der Waals surface area contributed by atoms with Crippen LogP contribution in [0, 0.1) is 12.8 Å². The molecule has 1 aliphatic rings. The average molecular weight is 325 g/mol. The van der Waals surface area contributed by atoms with E-state index in [1.807, 2.05) is 25.1 Å². The molecule has 0 bridgehead atoms. The summed E-state index contributed by atoms with van der Waals surface area (Å²) in [6, 6.07) is 5.63. The molecule has 1 unspecified atom stereocenters. The van der Waals surface area contributed by atoms with Gasteiger partial charge in [0.25, 0.3) is 5.91 Å². The summed E-state index contributed by atoms with van der Waals surface area (Å²) < 4.78 is 0.888. The van der Waals surface area contributed by atoms with Crippen LogP contribution >= 0.6 is 15.9 Å². The van der Waals surface area contributed by atoms with E-state index < -0.39 is 0 Å². The number of halogens is 1. The number of hydrogen-bond donors (Lipinski definition) is 1. The highest BCUT2D eigenvalue weighted by atomic mass is 79.9. The van der Waals surface area contributed by atoms with Gasteiger partial charge in [0.15, 0.2) is 0 Å². The lowest BCUT2D eigenvalue weighted by atomic mass is 9.97. The Bertz CT molecular complexity index is 496. The van der Waals surface area contributed by atoms with E-state index in [0.29, 0.717) is 18.7 Å². The van der Waals surface area contributed by atoms with Crippen LogP contribution in [0.3, 0.4) is 0 Å². The fraction of sp³-hybridized carbons (Fsp3) is 0.429. The Kier molecular flexibility index (Phi) is 4.24. The number of primary amides is 1. The molecule has 19 heavy (non-hydrogen) atoms. The SMILES string of the molecule is Cc1cc(Br)cc(C(=O)N2CCCC(C(N)=O)C2)c1. The second-order valence-corrected chi connectivity index (χ2v) is 5.93. The van der Waals surface area contributed by atoms with Gasteiger partial charge in [0.2, 0.25) is 5.91 Å². The van der Waals surface area contributed by atoms with Crippen molar-refractivity contribution in [2.24, 2.45) is 11.7 Å². The number of carbonyl (C=O) groups excluding carboxylic acids is 2. The predicted octanol–water partition coefficient (Wildman–Crippen LogP) is 2.10. The fourth-order valence-electron chi connectivity index (χ4n) is 2.44. The van der Waals surface area contributed by atoms with E-state index in [-0.39, 0.29) is 17.7 Å². The molecule has 0 saturated carbocycles. The van der Waals surface area contributed by atoms with Crippen LogP contribution in [0.4, 0.5) is 0 Å². The first kappa shape index (κ1) is 14.1. The number of likely N-dealkylation sites (tertiary alicyclic amines) is 1. The monoisotopic (exact) mass is 324 g/mol. The first-order chi connectivity index (χ1) is 8.97. The van der Waals surface area contributed by atoms with Gasteiger partial charge in [-0.1, -0.05) is 15.9 Å². The number of aryl methyl sites for hydroxylation is 1. The minimum atomic E-state index is -0.317. The second-order valence-electron chi connectivity index (χ2n) is 5.01. The van der Waals surface area contributed by atoms with E-state index in [1.165, 1.54) is 0 Å². The standard InChI is InChI=1S/C14H17BrN2O2/c1-9-5-11(7-12(15)6-9)14(19)17-4-2-3-10(8-17)13(16)18/h5-7,10H,2-4,8H2,1H3,(H2,16,18). The van der Waals surface area contributed by atoms with Gasteiger partial charge in [-0.05, 0) is 43.5 Å². The molecular weight excluding hydrogens is 308 g/mol. The number of nitrogens with zero attached hydrogens (tertiary/aromatic N) is 1. The second kappa shape index (κ2) is 5.74. The van der Waals surface area contributed by atoms with Crippen LogP contribution in [0.15, 0.2) is 22.7 Å². The Balaban J connectivity index is 2.16. The van der Waals surface area contributed by atoms with Gasteiger partial charge < -0.3 is 10.6 Å². The average Bonchev–Trinajstić information content (AvgIpc) is 2.37. The van der Waals surface area contributed by atoms with Crippen molar-refractivity contribution in [3.8, 4) is 0 Å². The van der Waals surface area contributed by atoms with Gasteiger partial charge >= 0.3 is 0 Å². The van der Waals surface area contributed by atoms with Crippen LogP contribution in [0.1, 0.15) is 28.8 Å². The fourth-order valence-corrected chi connectivity index (χ4v) is 3.04. The van der Waals surface area contributed by atoms with Gasteiger partial charge in [-0.2, -0.15) is 0 Å². The number of nitrogens with two attached hydrogens (primary N) is 1. The molecule has 102 valence electrons.